The molecule has 0 aromatic rings. The third-order valence-corrected chi connectivity index (χ3v) is 13.9. The fraction of sp³-hybridized carbons (Fsp3) is 0.754. The van der Waals surface area contributed by atoms with Gasteiger partial charge in [-0.25, -0.2) is 0 Å². The first-order valence-corrected chi connectivity index (χ1v) is 32.1. The minimum absolute atomic E-state index is 0.0751. The Morgan fingerprint density at radius 1 is 0.280 bits per heavy atom. The molecule has 0 spiro atoms. The summed E-state index contributed by atoms with van der Waals surface area (Å²) in [6.07, 6.45) is 83.0. The lowest BCUT2D eigenvalue weighted by Gasteiger charge is -2.18. The molecule has 0 bridgehead atoms. The number of rotatable bonds is 58. The van der Waals surface area contributed by atoms with Crippen LogP contribution in [0, 0.1) is 0 Å². The van der Waals surface area contributed by atoms with Crippen molar-refractivity contribution in [3.05, 3.63) is 85.1 Å². The van der Waals surface area contributed by atoms with Gasteiger partial charge in [0, 0.05) is 19.3 Å². The Labute approximate surface area is 465 Å². The first-order chi connectivity index (χ1) is 37.0. The zero-order chi connectivity index (χ0) is 54.3. The highest BCUT2D eigenvalue weighted by Gasteiger charge is 2.19. The average molecular weight is 1050 g/mol. The molecule has 0 aromatic carbocycles. The van der Waals surface area contributed by atoms with Crippen LogP contribution in [0.5, 0.6) is 0 Å². The predicted octanol–water partition coefficient (Wildman–Crippen LogP) is 21.9. The highest BCUT2D eigenvalue weighted by Crippen LogP contribution is 2.17. The Hall–Kier alpha value is -3.41. The molecule has 0 aliphatic heterocycles. The lowest BCUT2D eigenvalue weighted by atomic mass is 10.0. The highest BCUT2D eigenvalue weighted by molar-refractivity contribution is 5.71. The minimum Gasteiger partial charge on any atom is -0.462 e. The molecule has 0 aromatic heterocycles. The fourth-order valence-electron chi connectivity index (χ4n) is 9.13. The van der Waals surface area contributed by atoms with Crippen molar-refractivity contribution in [3.63, 3.8) is 0 Å². The molecule has 1 unspecified atom stereocenters. The molecule has 0 aliphatic rings. The van der Waals surface area contributed by atoms with Crippen LogP contribution in [0.4, 0.5) is 0 Å². The van der Waals surface area contributed by atoms with Crippen LogP contribution in [-0.4, -0.2) is 37.2 Å². The molecule has 75 heavy (non-hydrogen) atoms. The summed E-state index contributed by atoms with van der Waals surface area (Å²) in [6.45, 7) is 6.55. The third-order valence-electron chi connectivity index (χ3n) is 13.9. The maximum Gasteiger partial charge on any atom is 0.306 e. The summed E-state index contributed by atoms with van der Waals surface area (Å²) in [7, 11) is 0. The van der Waals surface area contributed by atoms with Crippen molar-refractivity contribution in [2.45, 2.75) is 322 Å². The molecule has 0 aliphatic carbocycles. The maximum atomic E-state index is 12.9. The van der Waals surface area contributed by atoms with Gasteiger partial charge in [0.2, 0.25) is 0 Å². The van der Waals surface area contributed by atoms with Crippen LogP contribution in [0.25, 0.3) is 0 Å². The number of ether oxygens (including phenoxy) is 3. The van der Waals surface area contributed by atoms with Crippen molar-refractivity contribution in [1.82, 2.24) is 0 Å². The number of carbonyl (C=O) groups excluding carboxylic acids is 3. The molecule has 0 heterocycles. The summed E-state index contributed by atoms with van der Waals surface area (Å²) in [5, 5.41) is 0. The van der Waals surface area contributed by atoms with E-state index >= 15 is 0 Å². The largest absolute Gasteiger partial charge is 0.462 e. The summed E-state index contributed by atoms with van der Waals surface area (Å²) in [6, 6.07) is 0. The van der Waals surface area contributed by atoms with Crippen LogP contribution in [0.15, 0.2) is 85.1 Å². The summed E-state index contributed by atoms with van der Waals surface area (Å²) in [4.78, 5) is 38.2. The number of hydrogen-bond acceptors (Lipinski definition) is 6. The van der Waals surface area contributed by atoms with E-state index in [1.807, 2.05) is 0 Å². The molecule has 0 amide bonds. The number of allylic oxidation sites excluding steroid dienone is 14. The average Bonchev–Trinajstić information content (AvgIpc) is 3.41. The molecule has 432 valence electrons. The predicted molar refractivity (Wildman–Crippen MR) is 325 cm³/mol. The van der Waals surface area contributed by atoms with Crippen LogP contribution in [0.2, 0.25) is 0 Å². The SMILES string of the molecule is CC/C=C\C/C=C\C/C=C\C/C=C\C/C=C\C/C=C\C/C=C\CCCCCCCCCC(=O)OCC(COC(=O)CCCCCCCCCCCCCC)OC(=O)CCCCCCCCCCCCCCCCCC. The minimum atomic E-state index is -0.778. The van der Waals surface area contributed by atoms with E-state index in [2.05, 4.69) is 106 Å². The van der Waals surface area contributed by atoms with Crippen molar-refractivity contribution in [2.24, 2.45) is 0 Å². The van der Waals surface area contributed by atoms with E-state index in [-0.39, 0.29) is 31.1 Å². The van der Waals surface area contributed by atoms with Gasteiger partial charge in [-0.15, -0.1) is 0 Å². The molecule has 6 heteroatoms. The number of unbranched alkanes of at least 4 members (excludes halogenated alkanes) is 33. The molecule has 0 fully saturated rings. The van der Waals surface area contributed by atoms with Gasteiger partial charge >= 0.3 is 17.9 Å². The van der Waals surface area contributed by atoms with E-state index in [9.17, 15) is 14.4 Å². The summed E-state index contributed by atoms with van der Waals surface area (Å²) in [5.41, 5.74) is 0. The van der Waals surface area contributed by atoms with Gasteiger partial charge in [0.15, 0.2) is 6.10 Å². The van der Waals surface area contributed by atoms with Gasteiger partial charge in [-0.2, -0.15) is 0 Å². The molecular weight excluding hydrogens is 925 g/mol. The number of hydrogen-bond donors (Lipinski definition) is 0. The molecule has 0 saturated heterocycles. The second kappa shape index (κ2) is 63.1. The summed E-state index contributed by atoms with van der Waals surface area (Å²) < 4.78 is 16.9. The van der Waals surface area contributed by atoms with Gasteiger partial charge in [0.1, 0.15) is 13.2 Å². The van der Waals surface area contributed by atoms with Crippen LogP contribution in [0.3, 0.4) is 0 Å². The Kier molecular flexibility index (Phi) is 60.3. The van der Waals surface area contributed by atoms with Crippen molar-refractivity contribution in [2.75, 3.05) is 13.2 Å². The molecular formula is C69H120O6. The molecule has 0 N–H and O–H groups in total. The number of esters is 3. The molecule has 1 atom stereocenters. The maximum absolute atomic E-state index is 12.9. The molecule has 0 radical (unpaired) electrons. The first kappa shape index (κ1) is 71.6. The van der Waals surface area contributed by atoms with Crippen LogP contribution in [0.1, 0.15) is 316 Å². The van der Waals surface area contributed by atoms with Gasteiger partial charge in [-0.3, -0.25) is 14.4 Å². The van der Waals surface area contributed by atoms with Gasteiger partial charge in [-0.1, -0.05) is 305 Å². The second-order valence-electron chi connectivity index (χ2n) is 21.3. The van der Waals surface area contributed by atoms with Crippen LogP contribution in [-0.2, 0) is 28.6 Å². The van der Waals surface area contributed by atoms with E-state index in [4.69, 9.17) is 14.2 Å². The van der Waals surface area contributed by atoms with E-state index in [1.54, 1.807) is 0 Å². The van der Waals surface area contributed by atoms with E-state index in [1.165, 1.54) is 167 Å². The Morgan fingerprint density at radius 3 is 0.813 bits per heavy atom. The van der Waals surface area contributed by atoms with Crippen LogP contribution < -0.4 is 0 Å². The summed E-state index contributed by atoms with van der Waals surface area (Å²) >= 11 is 0. The highest BCUT2D eigenvalue weighted by atomic mass is 16.6. The van der Waals surface area contributed by atoms with Crippen LogP contribution >= 0.6 is 0 Å². The van der Waals surface area contributed by atoms with Gasteiger partial charge in [-0.05, 0) is 77.0 Å². The van der Waals surface area contributed by atoms with E-state index in [0.717, 1.165) is 109 Å². The van der Waals surface area contributed by atoms with E-state index < -0.39 is 6.10 Å². The van der Waals surface area contributed by atoms with Crippen molar-refractivity contribution < 1.29 is 28.6 Å². The van der Waals surface area contributed by atoms with Gasteiger partial charge in [0.05, 0.1) is 0 Å². The topological polar surface area (TPSA) is 78.9 Å². The zero-order valence-electron chi connectivity index (χ0n) is 49.6. The summed E-state index contributed by atoms with van der Waals surface area (Å²) in [5.74, 6) is -0.872. The van der Waals surface area contributed by atoms with Gasteiger partial charge < -0.3 is 14.2 Å². The second-order valence-corrected chi connectivity index (χ2v) is 21.3. The normalized spacial score (nSPS) is 12.6. The molecule has 6 nitrogen and oxygen atoms in total. The standard InChI is InChI=1S/C69H120O6/c1-4-7-10-13-16-19-22-25-27-29-30-31-32-33-34-35-36-37-38-39-40-41-43-44-47-50-53-56-59-62-68(71)74-65-66(64-73-67(70)61-58-55-52-49-46-24-21-18-15-12-9-6-3)75-69(72)63-60-57-54-51-48-45-42-28-26-23-20-17-14-11-8-5-2/h7,10,16,19,25,27,30-31,33-34,36-37,39-40,66H,4-6,8-9,11-15,17-18,20-24,26,28-29,32,35,38,41-65H2,1-3H3/b10-7-,19-16-,27-25-,31-30-,34-33-,37-36-,40-39-. The lowest BCUT2D eigenvalue weighted by molar-refractivity contribution is -0.167. The van der Waals surface area contributed by atoms with E-state index in [0.29, 0.717) is 19.3 Å². The third kappa shape index (κ3) is 61.3. The fourth-order valence-corrected chi connectivity index (χ4v) is 9.13. The molecule has 0 rings (SSSR count). The van der Waals surface area contributed by atoms with Crippen molar-refractivity contribution in [1.29, 1.82) is 0 Å². The Balaban J connectivity index is 4.28. The van der Waals surface area contributed by atoms with Gasteiger partial charge in [0.25, 0.3) is 0 Å². The first-order valence-electron chi connectivity index (χ1n) is 32.1. The van der Waals surface area contributed by atoms with Crippen molar-refractivity contribution in [3.8, 4) is 0 Å². The Bertz CT molecular complexity index is 1430. The monoisotopic (exact) mass is 1040 g/mol. The Morgan fingerprint density at radius 2 is 0.520 bits per heavy atom. The number of carbonyl (C=O) groups is 3. The lowest BCUT2D eigenvalue weighted by Crippen LogP contribution is -2.30. The quantitative estimate of drug-likeness (QED) is 0.0261. The molecule has 0 saturated carbocycles. The van der Waals surface area contributed by atoms with Crippen molar-refractivity contribution >= 4 is 17.9 Å². The smallest absolute Gasteiger partial charge is 0.306 e. The zero-order valence-corrected chi connectivity index (χ0v) is 49.6.